The van der Waals surface area contributed by atoms with E-state index in [1.807, 2.05) is 79.0 Å². The third-order valence-corrected chi connectivity index (χ3v) is 4.00. The molecule has 5 nitrogen and oxygen atoms in total. The highest BCUT2D eigenvalue weighted by molar-refractivity contribution is 5.93. The fourth-order valence-corrected chi connectivity index (χ4v) is 2.67. The second kappa shape index (κ2) is 7.11. The molecule has 0 saturated carbocycles. The van der Waals surface area contributed by atoms with Crippen molar-refractivity contribution < 1.29 is 9.53 Å². The minimum atomic E-state index is -0.159. The fraction of sp³-hybridized carbons (Fsp3) is 0.0476. The van der Waals surface area contributed by atoms with Crippen molar-refractivity contribution in [3.05, 3.63) is 96.4 Å². The Kier molecular flexibility index (Phi) is 4.35. The number of para-hydroxylation sites is 1. The van der Waals surface area contributed by atoms with Crippen LogP contribution in [0.1, 0.15) is 16.1 Å². The van der Waals surface area contributed by atoms with Gasteiger partial charge in [0.25, 0.3) is 5.91 Å². The molecular weight excluding hydrogens is 326 g/mol. The van der Waals surface area contributed by atoms with Gasteiger partial charge in [0.05, 0.1) is 6.20 Å². The SMILES string of the molecule is O=C(NCc1ccc(Oc2ccccc2)cc1)c1cnc2ccccn12. The molecule has 2 aromatic heterocycles. The molecule has 1 amide bonds. The first-order valence-electron chi connectivity index (χ1n) is 8.32. The zero-order valence-electron chi connectivity index (χ0n) is 14.0. The number of aromatic nitrogens is 2. The van der Waals surface area contributed by atoms with Crippen LogP contribution in [0.4, 0.5) is 0 Å². The molecule has 0 aliphatic carbocycles. The molecule has 4 aromatic rings. The van der Waals surface area contributed by atoms with Crippen LogP contribution < -0.4 is 10.1 Å². The van der Waals surface area contributed by atoms with Gasteiger partial charge in [-0.1, -0.05) is 36.4 Å². The quantitative estimate of drug-likeness (QED) is 0.595. The summed E-state index contributed by atoms with van der Waals surface area (Å²) < 4.78 is 7.54. The van der Waals surface area contributed by atoms with Crippen molar-refractivity contribution >= 4 is 11.6 Å². The molecule has 1 N–H and O–H groups in total. The summed E-state index contributed by atoms with van der Waals surface area (Å²) in [5.41, 5.74) is 2.26. The van der Waals surface area contributed by atoms with Crippen molar-refractivity contribution in [3.8, 4) is 11.5 Å². The maximum atomic E-state index is 12.4. The van der Waals surface area contributed by atoms with Crippen LogP contribution in [0.3, 0.4) is 0 Å². The second-order valence-corrected chi connectivity index (χ2v) is 5.81. The highest BCUT2D eigenvalue weighted by Gasteiger charge is 2.11. The molecule has 0 unspecified atom stereocenters. The molecule has 0 radical (unpaired) electrons. The van der Waals surface area contributed by atoms with E-state index < -0.39 is 0 Å². The van der Waals surface area contributed by atoms with Crippen LogP contribution >= 0.6 is 0 Å². The molecular formula is C21H17N3O2. The summed E-state index contributed by atoms with van der Waals surface area (Å²) in [5.74, 6) is 1.39. The molecule has 26 heavy (non-hydrogen) atoms. The van der Waals surface area contributed by atoms with E-state index in [-0.39, 0.29) is 5.91 Å². The number of ether oxygens (including phenoxy) is 1. The minimum Gasteiger partial charge on any atom is -0.457 e. The molecule has 2 aromatic carbocycles. The standard InChI is InChI=1S/C21H17N3O2/c25-21(19-15-22-20-8-4-5-13-24(19)20)23-14-16-9-11-18(12-10-16)26-17-6-2-1-3-7-17/h1-13,15H,14H2,(H,23,25). The van der Waals surface area contributed by atoms with E-state index in [0.29, 0.717) is 12.2 Å². The predicted octanol–water partition coefficient (Wildman–Crippen LogP) is 4.06. The molecule has 5 heteroatoms. The van der Waals surface area contributed by atoms with Gasteiger partial charge in [-0.15, -0.1) is 0 Å². The molecule has 0 aliphatic heterocycles. The van der Waals surface area contributed by atoms with Crippen molar-refractivity contribution in [1.82, 2.24) is 14.7 Å². The fourth-order valence-electron chi connectivity index (χ4n) is 2.67. The lowest BCUT2D eigenvalue weighted by molar-refractivity contribution is 0.0945. The van der Waals surface area contributed by atoms with Gasteiger partial charge >= 0.3 is 0 Å². The number of amides is 1. The van der Waals surface area contributed by atoms with E-state index in [9.17, 15) is 4.79 Å². The van der Waals surface area contributed by atoms with Gasteiger partial charge in [0, 0.05) is 12.7 Å². The average Bonchev–Trinajstić information content (AvgIpc) is 3.12. The normalized spacial score (nSPS) is 10.6. The van der Waals surface area contributed by atoms with Gasteiger partial charge in [-0.05, 0) is 42.0 Å². The highest BCUT2D eigenvalue weighted by Crippen LogP contribution is 2.21. The van der Waals surface area contributed by atoms with Gasteiger partial charge < -0.3 is 10.1 Å². The molecule has 0 aliphatic rings. The van der Waals surface area contributed by atoms with Gasteiger partial charge in [0.1, 0.15) is 22.8 Å². The zero-order valence-corrected chi connectivity index (χ0v) is 14.0. The minimum absolute atomic E-state index is 0.159. The Labute approximate surface area is 150 Å². The van der Waals surface area contributed by atoms with Gasteiger partial charge in [-0.25, -0.2) is 4.98 Å². The van der Waals surface area contributed by atoms with E-state index in [4.69, 9.17) is 4.74 Å². The van der Waals surface area contributed by atoms with Gasteiger partial charge in [0.2, 0.25) is 0 Å². The number of carbonyl (C=O) groups is 1. The number of imidazole rings is 1. The van der Waals surface area contributed by atoms with Gasteiger partial charge in [0.15, 0.2) is 0 Å². The van der Waals surface area contributed by atoms with Crippen LogP contribution in [-0.2, 0) is 6.54 Å². The van der Waals surface area contributed by atoms with Gasteiger partial charge in [-0.2, -0.15) is 0 Å². The third-order valence-electron chi connectivity index (χ3n) is 4.00. The second-order valence-electron chi connectivity index (χ2n) is 5.81. The van der Waals surface area contributed by atoms with Gasteiger partial charge in [-0.3, -0.25) is 9.20 Å². The lowest BCUT2D eigenvalue weighted by Crippen LogP contribution is -2.24. The third kappa shape index (κ3) is 3.42. The van der Waals surface area contributed by atoms with Crippen molar-refractivity contribution in [2.24, 2.45) is 0 Å². The van der Waals surface area contributed by atoms with E-state index in [1.54, 1.807) is 10.6 Å². The number of fused-ring (bicyclic) bond motifs is 1. The summed E-state index contributed by atoms with van der Waals surface area (Å²) in [6.07, 6.45) is 3.41. The number of benzene rings is 2. The number of nitrogens with one attached hydrogen (secondary N) is 1. The maximum Gasteiger partial charge on any atom is 0.270 e. The van der Waals surface area contributed by atoms with Crippen molar-refractivity contribution in [2.75, 3.05) is 0 Å². The van der Waals surface area contributed by atoms with Crippen LogP contribution in [0.25, 0.3) is 5.65 Å². The number of carbonyl (C=O) groups excluding carboxylic acids is 1. The van der Waals surface area contributed by atoms with Crippen molar-refractivity contribution in [2.45, 2.75) is 6.54 Å². The first-order chi connectivity index (χ1) is 12.8. The average molecular weight is 343 g/mol. The smallest absolute Gasteiger partial charge is 0.270 e. The largest absolute Gasteiger partial charge is 0.457 e. The lowest BCUT2D eigenvalue weighted by Gasteiger charge is -2.08. The van der Waals surface area contributed by atoms with Crippen LogP contribution in [0.5, 0.6) is 11.5 Å². The topological polar surface area (TPSA) is 55.6 Å². The van der Waals surface area contributed by atoms with Crippen LogP contribution in [0, 0.1) is 0 Å². The lowest BCUT2D eigenvalue weighted by atomic mass is 10.2. The zero-order chi connectivity index (χ0) is 17.8. The molecule has 0 bridgehead atoms. The molecule has 4 rings (SSSR count). The number of nitrogens with zero attached hydrogens (tertiary/aromatic N) is 2. The number of hydrogen-bond acceptors (Lipinski definition) is 3. The molecule has 0 saturated heterocycles. The van der Waals surface area contributed by atoms with Crippen molar-refractivity contribution in [1.29, 1.82) is 0 Å². The summed E-state index contributed by atoms with van der Waals surface area (Å²) in [6, 6.07) is 22.9. The molecule has 0 atom stereocenters. The van der Waals surface area contributed by atoms with Crippen molar-refractivity contribution in [3.63, 3.8) is 0 Å². The Bertz CT molecular complexity index is 1020. The van der Waals surface area contributed by atoms with Crippen LogP contribution in [-0.4, -0.2) is 15.3 Å². The van der Waals surface area contributed by atoms with E-state index in [1.165, 1.54) is 0 Å². The number of rotatable bonds is 5. The summed E-state index contributed by atoms with van der Waals surface area (Å²) in [5, 5.41) is 2.92. The molecule has 0 fully saturated rings. The molecule has 128 valence electrons. The van der Waals surface area contributed by atoms with E-state index in [0.717, 1.165) is 22.7 Å². The summed E-state index contributed by atoms with van der Waals surface area (Å²) in [6.45, 7) is 0.435. The Hall–Kier alpha value is -3.60. The Balaban J connectivity index is 1.39. The summed E-state index contributed by atoms with van der Waals surface area (Å²) >= 11 is 0. The first kappa shape index (κ1) is 15.9. The number of hydrogen-bond donors (Lipinski definition) is 1. The van der Waals surface area contributed by atoms with Crippen LogP contribution in [0.2, 0.25) is 0 Å². The summed E-state index contributed by atoms with van der Waals surface area (Å²) in [4.78, 5) is 16.6. The van der Waals surface area contributed by atoms with Crippen LogP contribution in [0.15, 0.2) is 85.2 Å². The summed E-state index contributed by atoms with van der Waals surface area (Å²) in [7, 11) is 0. The Morgan fingerprint density at radius 3 is 2.46 bits per heavy atom. The Morgan fingerprint density at radius 1 is 0.923 bits per heavy atom. The molecule has 0 spiro atoms. The first-order valence-corrected chi connectivity index (χ1v) is 8.32. The Morgan fingerprint density at radius 2 is 1.65 bits per heavy atom. The monoisotopic (exact) mass is 343 g/mol. The highest BCUT2D eigenvalue weighted by atomic mass is 16.5. The van der Waals surface area contributed by atoms with E-state index >= 15 is 0 Å². The maximum absolute atomic E-state index is 12.4. The predicted molar refractivity (Wildman–Crippen MR) is 99.3 cm³/mol. The molecule has 2 heterocycles. The number of pyridine rings is 1. The van der Waals surface area contributed by atoms with E-state index in [2.05, 4.69) is 10.3 Å².